The van der Waals surface area contributed by atoms with Gasteiger partial charge in [-0.25, -0.2) is 4.79 Å². The highest BCUT2D eigenvalue weighted by molar-refractivity contribution is 9.10. The van der Waals surface area contributed by atoms with Gasteiger partial charge < -0.3 is 14.5 Å². The molecule has 0 saturated carbocycles. The van der Waals surface area contributed by atoms with Crippen LogP contribution in [0.15, 0.2) is 39.2 Å². The Morgan fingerprint density at radius 1 is 1.40 bits per heavy atom. The lowest BCUT2D eigenvalue weighted by Crippen LogP contribution is -2.06. The number of methoxy groups -OCH3 is 1. The average Bonchev–Trinajstić information content (AvgIpc) is 2.93. The third kappa shape index (κ3) is 3.16. The predicted octanol–water partition coefficient (Wildman–Crippen LogP) is 4.66. The first-order valence-corrected chi connectivity index (χ1v) is 7.08. The zero-order valence-corrected chi connectivity index (χ0v) is 13.3. The van der Waals surface area contributed by atoms with Crippen molar-refractivity contribution in [2.24, 2.45) is 0 Å². The van der Waals surface area contributed by atoms with Gasteiger partial charge in [0.05, 0.1) is 28.3 Å². The van der Waals surface area contributed by atoms with Crippen molar-refractivity contribution in [2.45, 2.75) is 13.0 Å². The van der Waals surface area contributed by atoms with Crippen LogP contribution in [-0.4, -0.2) is 13.1 Å². The number of anilines is 1. The van der Waals surface area contributed by atoms with Gasteiger partial charge in [0.25, 0.3) is 0 Å². The molecule has 2 aromatic rings. The summed E-state index contributed by atoms with van der Waals surface area (Å²) in [4.78, 5) is 11.3. The minimum Gasteiger partial charge on any atom is -0.463 e. The number of ether oxygens (including phenoxy) is 1. The largest absolute Gasteiger partial charge is 0.463 e. The predicted molar refractivity (Wildman–Crippen MR) is 81.2 cm³/mol. The lowest BCUT2D eigenvalue weighted by atomic mass is 10.2. The van der Waals surface area contributed by atoms with Crippen molar-refractivity contribution in [3.8, 4) is 0 Å². The van der Waals surface area contributed by atoms with E-state index in [2.05, 4.69) is 26.0 Å². The van der Waals surface area contributed by atoms with E-state index in [-0.39, 0.29) is 11.8 Å². The molecule has 0 aliphatic rings. The van der Waals surface area contributed by atoms with Crippen molar-refractivity contribution >= 4 is 39.2 Å². The molecule has 1 unspecified atom stereocenters. The maximum Gasteiger partial charge on any atom is 0.373 e. The summed E-state index contributed by atoms with van der Waals surface area (Å²) in [6.07, 6.45) is 0. The number of hydrogen-bond donors (Lipinski definition) is 1. The summed E-state index contributed by atoms with van der Waals surface area (Å²) in [6, 6.07) is 8.75. The van der Waals surface area contributed by atoms with E-state index in [1.54, 1.807) is 18.2 Å². The molecule has 1 aromatic heterocycles. The lowest BCUT2D eigenvalue weighted by Gasteiger charge is -2.14. The van der Waals surface area contributed by atoms with E-state index in [0.717, 1.165) is 10.2 Å². The monoisotopic (exact) mass is 357 g/mol. The van der Waals surface area contributed by atoms with Crippen LogP contribution in [0.4, 0.5) is 5.69 Å². The Morgan fingerprint density at radius 3 is 2.85 bits per heavy atom. The zero-order chi connectivity index (χ0) is 14.7. The summed E-state index contributed by atoms with van der Waals surface area (Å²) >= 11 is 9.46. The Bertz CT molecular complexity index is 627. The van der Waals surface area contributed by atoms with Gasteiger partial charge in [-0.3, -0.25) is 0 Å². The number of rotatable bonds is 4. The SMILES string of the molecule is COC(=O)c1ccc(C(C)Nc2cccc(Cl)c2Br)o1. The number of carbonyl (C=O) groups excluding carboxylic acids is 1. The highest BCUT2D eigenvalue weighted by atomic mass is 79.9. The van der Waals surface area contributed by atoms with Crippen LogP contribution in [0.3, 0.4) is 0 Å². The third-order valence-electron chi connectivity index (χ3n) is 2.76. The smallest absolute Gasteiger partial charge is 0.373 e. The second kappa shape index (κ2) is 6.33. The van der Waals surface area contributed by atoms with Crippen molar-refractivity contribution in [3.63, 3.8) is 0 Å². The number of carbonyl (C=O) groups is 1. The molecule has 1 atom stereocenters. The first-order valence-electron chi connectivity index (χ1n) is 5.91. The summed E-state index contributed by atoms with van der Waals surface area (Å²) in [5, 5.41) is 3.88. The van der Waals surface area contributed by atoms with E-state index < -0.39 is 5.97 Å². The summed E-state index contributed by atoms with van der Waals surface area (Å²) in [6.45, 7) is 1.92. The quantitative estimate of drug-likeness (QED) is 0.808. The summed E-state index contributed by atoms with van der Waals surface area (Å²) in [5.74, 6) is 0.325. The fraction of sp³-hybridized carbons (Fsp3) is 0.214. The van der Waals surface area contributed by atoms with Crippen LogP contribution >= 0.6 is 27.5 Å². The molecule has 1 aromatic carbocycles. The number of hydrogen-bond acceptors (Lipinski definition) is 4. The van der Waals surface area contributed by atoms with Crippen molar-refractivity contribution in [1.29, 1.82) is 0 Å². The maximum atomic E-state index is 11.3. The molecule has 0 saturated heterocycles. The molecular formula is C14H13BrClNO3. The van der Waals surface area contributed by atoms with Gasteiger partial charge in [-0.2, -0.15) is 0 Å². The van der Waals surface area contributed by atoms with Gasteiger partial charge in [-0.1, -0.05) is 17.7 Å². The van der Waals surface area contributed by atoms with Crippen LogP contribution in [-0.2, 0) is 4.74 Å². The van der Waals surface area contributed by atoms with Crippen LogP contribution in [0, 0.1) is 0 Å². The first kappa shape index (κ1) is 14.9. The molecule has 6 heteroatoms. The topological polar surface area (TPSA) is 51.5 Å². The molecule has 0 bridgehead atoms. The van der Waals surface area contributed by atoms with Crippen LogP contribution in [0.2, 0.25) is 5.02 Å². The second-order valence-electron chi connectivity index (χ2n) is 4.16. The first-order chi connectivity index (χ1) is 9.52. The van der Waals surface area contributed by atoms with Gasteiger partial charge in [0.2, 0.25) is 5.76 Å². The molecule has 106 valence electrons. The van der Waals surface area contributed by atoms with Crippen molar-refractivity contribution in [2.75, 3.05) is 12.4 Å². The van der Waals surface area contributed by atoms with Gasteiger partial charge >= 0.3 is 5.97 Å². The van der Waals surface area contributed by atoms with Crippen LogP contribution in [0.1, 0.15) is 29.3 Å². The molecule has 0 radical (unpaired) electrons. The Morgan fingerprint density at radius 2 is 2.15 bits per heavy atom. The molecule has 1 N–H and O–H groups in total. The molecule has 0 amide bonds. The Kier molecular flexibility index (Phi) is 4.73. The molecule has 0 fully saturated rings. The molecule has 0 spiro atoms. The highest BCUT2D eigenvalue weighted by Crippen LogP contribution is 2.32. The minimum atomic E-state index is -0.493. The van der Waals surface area contributed by atoms with E-state index in [1.165, 1.54) is 7.11 Å². The van der Waals surface area contributed by atoms with Gasteiger partial charge in [0.15, 0.2) is 0 Å². The molecule has 0 aliphatic heterocycles. The Balaban J connectivity index is 2.16. The lowest BCUT2D eigenvalue weighted by molar-refractivity contribution is 0.0562. The van der Waals surface area contributed by atoms with Gasteiger partial charge in [0.1, 0.15) is 5.76 Å². The van der Waals surface area contributed by atoms with Crippen molar-refractivity contribution < 1.29 is 13.9 Å². The number of furan rings is 1. The maximum absolute atomic E-state index is 11.3. The molecule has 2 rings (SSSR count). The fourth-order valence-electron chi connectivity index (χ4n) is 1.72. The number of halogens is 2. The van der Waals surface area contributed by atoms with Gasteiger partial charge in [-0.15, -0.1) is 0 Å². The van der Waals surface area contributed by atoms with E-state index >= 15 is 0 Å². The van der Waals surface area contributed by atoms with Crippen molar-refractivity contribution in [3.05, 3.63) is 51.3 Å². The minimum absolute atomic E-state index is 0.122. The van der Waals surface area contributed by atoms with Crippen molar-refractivity contribution in [1.82, 2.24) is 0 Å². The average molecular weight is 359 g/mol. The van der Waals surface area contributed by atoms with Crippen LogP contribution in [0.25, 0.3) is 0 Å². The molecule has 4 nitrogen and oxygen atoms in total. The summed E-state index contributed by atoms with van der Waals surface area (Å²) in [5.41, 5.74) is 0.848. The second-order valence-corrected chi connectivity index (χ2v) is 5.36. The van der Waals surface area contributed by atoms with E-state index in [0.29, 0.717) is 10.8 Å². The highest BCUT2D eigenvalue weighted by Gasteiger charge is 2.16. The number of esters is 1. The van der Waals surface area contributed by atoms with E-state index in [4.69, 9.17) is 16.0 Å². The molecule has 0 aliphatic carbocycles. The normalized spacial score (nSPS) is 12.0. The Hall–Kier alpha value is -1.46. The van der Waals surface area contributed by atoms with Crippen LogP contribution < -0.4 is 5.32 Å². The molecular weight excluding hydrogens is 346 g/mol. The zero-order valence-electron chi connectivity index (χ0n) is 10.9. The van der Waals surface area contributed by atoms with Gasteiger partial charge in [0, 0.05) is 0 Å². The molecule has 20 heavy (non-hydrogen) atoms. The van der Waals surface area contributed by atoms with Crippen LogP contribution in [0.5, 0.6) is 0 Å². The molecule has 1 heterocycles. The number of nitrogens with one attached hydrogen (secondary N) is 1. The Labute approximate surface area is 130 Å². The third-order valence-corrected chi connectivity index (χ3v) is 4.16. The van der Waals surface area contributed by atoms with E-state index in [9.17, 15) is 4.79 Å². The standard InChI is InChI=1S/C14H13BrClNO3/c1-8(11-6-7-12(20-11)14(18)19-2)17-10-5-3-4-9(16)13(10)15/h3-8,17H,1-2H3. The fourth-order valence-corrected chi connectivity index (χ4v) is 2.27. The summed E-state index contributed by atoms with van der Waals surface area (Å²) in [7, 11) is 1.31. The number of benzene rings is 1. The summed E-state index contributed by atoms with van der Waals surface area (Å²) < 4.78 is 10.8. The van der Waals surface area contributed by atoms with Gasteiger partial charge in [-0.05, 0) is 47.1 Å². The van der Waals surface area contributed by atoms with E-state index in [1.807, 2.05) is 19.1 Å².